The fourth-order valence-electron chi connectivity index (χ4n) is 3.50. The highest BCUT2D eigenvalue weighted by Gasteiger charge is 2.25. The molecule has 0 unspecified atom stereocenters. The number of nitrogens with one attached hydrogen (secondary N) is 1. The molecule has 11 heteroatoms. The monoisotopic (exact) mass is 488 g/mol. The predicted octanol–water partition coefficient (Wildman–Crippen LogP) is 4.98. The summed E-state index contributed by atoms with van der Waals surface area (Å²) in [4.78, 5) is 22.6. The molecule has 0 spiro atoms. The third-order valence-electron chi connectivity index (χ3n) is 5.10. The molecule has 0 saturated carbocycles. The number of nitrogens with two attached hydrogens (primary N) is 2. The van der Waals surface area contributed by atoms with E-state index in [1.54, 1.807) is 19.2 Å². The van der Waals surface area contributed by atoms with Gasteiger partial charge < -0.3 is 20.6 Å². The number of carbonyl (C=O) groups is 1. The molecule has 0 aliphatic carbocycles. The van der Waals surface area contributed by atoms with Crippen LogP contribution < -0.4 is 21.5 Å². The van der Waals surface area contributed by atoms with E-state index >= 15 is 0 Å². The molecule has 0 atom stereocenters. The van der Waals surface area contributed by atoms with Crippen molar-refractivity contribution >= 4 is 55.4 Å². The first kappa shape index (κ1) is 21.4. The summed E-state index contributed by atoms with van der Waals surface area (Å²) in [7, 11) is 1.60. The van der Waals surface area contributed by atoms with E-state index in [0.29, 0.717) is 26.7 Å². The van der Waals surface area contributed by atoms with E-state index in [4.69, 9.17) is 20.6 Å². The van der Waals surface area contributed by atoms with Crippen molar-refractivity contribution < 1.29 is 13.9 Å². The molecule has 1 aromatic carbocycles. The van der Waals surface area contributed by atoms with Crippen LogP contribution in [0.4, 0.5) is 16.6 Å². The molecule has 0 radical (unpaired) electrons. The molecule has 5 rings (SSSR count). The molecule has 4 heterocycles. The predicted molar refractivity (Wildman–Crippen MR) is 133 cm³/mol. The molecule has 0 fully saturated rings. The lowest BCUT2D eigenvalue weighted by Crippen LogP contribution is -2.11. The van der Waals surface area contributed by atoms with Crippen molar-refractivity contribution in [3.63, 3.8) is 0 Å². The molecule has 0 saturated heterocycles. The molecule has 1 amide bonds. The smallest absolute Gasteiger partial charge is 0.269 e. The number of hydrogen-bond donors (Lipinski definition) is 3. The van der Waals surface area contributed by atoms with E-state index < -0.39 is 5.91 Å². The summed E-state index contributed by atoms with van der Waals surface area (Å²) in [5, 5.41) is 15.2. The second-order valence-electron chi connectivity index (χ2n) is 7.08. The number of fused-ring (bicyclic) bond motifs is 1. The summed E-state index contributed by atoms with van der Waals surface area (Å²) in [5.41, 5.74) is 14.8. The lowest BCUT2D eigenvalue weighted by molar-refractivity contribution is 0.103. The maximum atomic E-state index is 13.1. The highest BCUT2D eigenvalue weighted by atomic mass is 32.1. The number of amides is 1. The van der Waals surface area contributed by atoms with E-state index in [-0.39, 0.29) is 21.9 Å². The second-order valence-corrected chi connectivity index (χ2v) is 8.94. The van der Waals surface area contributed by atoms with E-state index in [1.165, 1.54) is 17.6 Å². The van der Waals surface area contributed by atoms with Gasteiger partial charge in [0, 0.05) is 16.3 Å². The zero-order chi connectivity index (χ0) is 23.8. The number of pyridine rings is 1. The lowest BCUT2D eigenvalue weighted by Gasteiger charge is -2.06. The quantitative estimate of drug-likeness (QED) is 0.313. The average molecular weight is 489 g/mol. The van der Waals surface area contributed by atoms with Crippen LogP contribution in [0, 0.1) is 11.3 Å². The number of furan rings is 1. The van der Waals surface area contributed by atoms with Crippen molar-refractivity contribution in [3.05, 3.63) is 58.5 Å². The maximum absolute atomic E-state index is 13.1. The Balaban J connectivity index is 1.50. The van der Waals surface area contributed by atoms with Crippen LogP contribution in [-0.4, -0.2) is 23.0 Å². The van der Waals surface area contributed by atoms with Crippen LogP contribution in [0.15, 0.2) is 52.5 Å². The number of thiophene rings is 1. The topological polar surface area (TPSA) is 153 Å². The number of rotatable bonds is 5. The lowest BCUT2D eigenvalue weighted by atomic mass is 10.0. The van der Waals surface area contributed by atoms with Gasteiger partial charge in [0.25, 0.3) is 5.91 Å². The summed E-state index contributed by atoms with van der Waals surface area (Å²) in [5.74, 6) is 0.767. The number of benzene rings is 1. The molecule has 0 aliphatic rings. The van der Waals surface area contributed by atoms with Crippen LogP contribution in [-0.2, 0) is 0 Å². The van der Waals surface area contributed by atoms with E-state index in [1.807, 2.05) is 29.6 Å². The minimum absolute atomic E-state index is 0.0404. The van der Waals surface area contributed by atoms with Gasteiger partial charge in [-0.2, -0.15) is 5.26 Å². The second kappa shape index (κ2) is 8.51. The number of ether oxygens (including phenoxy) is 1. The van der Waals surface area contributed by atoms with Crippen LogP contribution in [0.3, 0.4) is 0 Å². The van der Waals surface area contributed by atoms with Crippen molar-refractivity contribution in [3.8, 4) is 34.4 Å². The third-order valence-corrected chi connectivity index (χ3v) is 6.96. The Morgan fingerprint density at radius 1 is 1.21 bits per heavy atom. The van der Waals surface area contributed by atoms with E-state index in [9.17, 15) is 10.1 Å². The van der Waals surface area contributed by atoms with Gasteiger partial charge in [-0.05, 0) is 36.4 Å². The Kier molecular flexibility index (Phi) is 5.37. The first-order valence-electron chi connectivity index (χ1n) is 9.87. The molecule has 9 nitrogen and oxygen atoms in total. The van der Waals surface area contributed by atoms with Gasteiger partial charge in [-0.15, -0.1) is 22.7 Å². The molecule has 0 aliphatic heterocycles. The first-order chi connectivity index (χ1) is 16.5. The summed E-state index contributed by atoms with van der Waals surface area (Å²) in [6.07, 6.45) is 1.48. The van der Waals surface area contributed by atoms with Crippen molar-refractivity contribution in [2.24, 2.45) is 0 Å². The normalized spacial score (nSPS) is 10.8. The molecular weight excluding hydrogens is 472 g/mol. The number of thiazole rings is 1. The molecule has 168 valence electrons. The highest BCUT2D eigenvalue weighted by Crippen LogP contribution is 2.43. The van der Waals surface area contributed by atoms with Gasteiger partial charge >= 0.3 is 0 Å². The first-order valence-corrected chi connectivity index (χ1v) is 11.6. The zero-order valence-corrected chi connectivity index (χ0v) is 19.3. The van der Waals surface area contributed by atoms with Crippen molar-refractivity contribution in [2.75, 3.05) is 23.9 Å². The van der Waals surface area contributed by atoms with E-state index in [0.717, 1.165) is 28.3 Å². The average Bonchev–Trinajstić information content (AvgIpc) is 3.59. The Labute approximate surface area is 201 Å². The Bertz CT molecular complexity index is 1560. The summed E-state index contributed by atoms with van der Waals surface area (Å²) in [6, 6.07) is 12.9. The fraction of sp³-hybridized carbons (Fsp3) is 0.0435. The fourth-order valence-corrected chi connectivity index (χ4v) is 5.22. The Morgan fingerprint density at radius 3 is 2.68 bits per heavy atom. The maximum Gasteiger partial charge on any atom is 0.269 e. The van der Waals surface area contributed by atoms with Crippen LogP contribution in [0.25, 0.3) is 32.8 Å². The number of nitrogens with zero attached hydrogens (tertiary/aromatic N) is 3. The standard InChI is InChI=1S/C23H16N6O3S2/c1-31-12-6-4-11(5-7-12)14-10-33-23(27-14)29-21(30)19-18(25)17-16(15-3-2-8-32-15)13(9-24)20(26)28-22(17)34-19/h2-8,10H,25H2,1H3,(H2,26,28)(H,27,29,30). The largest absolute Gasteiger partial charge is 0.497 e. The summed E-state index contributed by atoms with van der Waals surface area (Å²) < 4.78 is 10.7. The highest BCUT2D eigenvalue weighted by molar-refractivity contribution is 7.21. The van der Waals surface area contributed by atoms with Gasteiger partial charge in [-0.25, -0.2) is 9.97 Å². The summed E-state index contributed by atoms with van der Waals surface area (Å²) in [6.45, 7) is 0. The van der Waals surface area contributed by atoms with Crippen LogP contribution >= 0.6 is 22.7 Å². The molecule has 34 heavy (non-hydrogen) atoms. The van der Waals surface area contributed by atoms with Gasteiger partial charge in [-0.1, -0.05) is 0 Å². The van der Waals surface area contributed by atoms with Crippen LogP contribution in [0.1, 0.15) is 15.2 Å². The van der Waals surface area contributed by atoms with Gasteiger partial charge in [0.15, 0.2) is 5.13 Å². The van der Waals surface area contributed by atoms with Crippen molar-refractivity contribution in [1.29, 1.82) is 5.26 Å². The van der Waals surface area contributed by atoms with Crippen molar-refractivity contribution in [2.45, 2.75) is 0 Å². The van der Waals surface area contributed by atoms with Crippen LogP contribution in [0.2, 0.25) is 0 Å². The summed E-state index contributed by atoms with van der Waals surface area (Å²) >= 11 is 2.38. The van der Waals surface area contributed by atoms with Gasteiger partial charge in [0.1, 0.15) is 38.7 Å². The minimum Gasteiger partial charge on any atom is -0.497 e. The number of carbonyl (C=O) groups excluding carboxylic acids is 1. The third kappa shape index (κ3) is 3.61. The molecule has 0 bridgehead atoms. The number of aromatic nitrogens is 2. The Morgan fingerprint density at radius 2 is 2.00 bits per heavy atom. The molecule has 5 aromatic rings. The van der Waals surface area contributed by atoms with E-state index in [2.05, 4.69) is 21.4 Å². The molecular formula is C23H16N6O3S2. The number of hydrogen-bond acceptors (Lipinski definition) is 10. The number of methoxy groups -OCH3 is 1. The molecule has 5 N–H and O–H groups in total. The molecule has 4 aromatic heterocycles. The number of nitriles is 1. The van der Waals surface area contributed by atoms with Gasteiger partial charge in [0.05, 0.1) is 30.3 Å². The van der Waals surface area contributed by atoms with Gasteiger partial charge in [0.2, 0.25) is 0 Å². The Hall–Kier alpha value is -4.40. The SMILES string of the molecule is COc1ccc(-c2csc(NC(=O)c3sc4nc(N)c(C#N)c(-c5ccco5)c4c3N)n2)cc1. The minimum atomic E-state index is -0.432. The number of anilines is 3. The van der Waals surface area contributed by atoms with Crippen LogP contribution in [0.5, 0.6) is 5.75 Å². The van der Waals surface area contributed by atoms with Crippen molar-refractivity contribution in [1.82, 2.24) is 9.97 Å². The van der Waals surface area contributed by atoms with Gasteiger partial charge in [-0.3, -0.25) is 10.1 Å². The number of nitrogen functional groups attached to an aromatic ring is 2. The zero-order valence-electron chi connectivity index (χ0n) is 17.7.